The van der Waals surface area contributed by atoms with Gasteiger partial charge in [0.2, 0.25) is 18.2 Å². The van der Waals surface area contributed by atoms with Crippen molar-refractivity contribution in [2.75, 3.05) is 44.1 Å². The molecule has 2 atom stereocenters. The van der Waals surface area contributed by atoms with Gasteiger partial charge in [0, 0.05) is 20.5 Å². The highest BCUT2D eigenvalue weighted by atomic mass is 16.5. The molecule has 0 radical (unpaired) electrons. The first kappa shape index (κ1) is 28.1. The molecule has 0 aromatic heterocycles. The summed E-state index contributed by atoms with van der Waals surface area (Å²) in [6, 6.07) is 5.01. The van der Waals surface area contributed by atoms with Gasteiger partial charge < -0.3 is 19.9 Å². The highest BCUT2D eigenvalue weighted by Crippen LogP contribution is 2.33. The number of rotatable bonds is 10. The van der Waals surface area contributed by atoms with Crippen molar-refractivity contribution in [3.63, 3.8) is 0 Å². The number of benzene rings is 1. The first-order valence-electron chi connectivity index (χ1n) is 11.6. The van der Waals surface area contributed by atoms with Gasteiger partial charge in [0.15, 0.2) is 0 Å². The Morgan fingerprint density at radius 2 is 2.03 bits per heavy atom. The first-order valence-corrected chi connectivity index (χ1v) is 11.6. The van der Waals surface area contributed by atoms with Gasteiger partial charge in [-0.2, -0.15) is 0 Å². The van der Waals surface area contributed by atoms with E-state index in [0.717, 1.165) is 19.4 Å². The van der Waals surface area contributed by atoms with Crippen LogP contribution in [0.1, 0.15) is 52.0 Å². The summed E-state index contributed by atoms with van der Waals surface area (Å²) < 4.78 is 5.85. The van der Waals surface area contributed by atoms with E-state index in [-0.39, 0.29) is 24.3 Å². The Morgan fingerprint density at radius 3 is 2.64 bits per heavy atom. The smallest absolute Gasteiger partial charge is 0.249 e. The van der Waals surface area contributed by atoms with Crippen molar-refractivity contribution in [3.05, 3.63) is 23.8 Å². The van der Waals surface area contributed by atoms with Crippen LogP contribution < -0.4 is 20.4 Å². The van der Waals surface area contributed by atoms with Gasteiger partial charge in [-0.25, -0.2) is 0 Å². The van der Waals surface area contributed by atoms with E-state index < -0.39 is 6.04 Å². The largest absolute Gasteiger partial charge is 0.366 e. The highest BCUT2D eigenvalue weighted by molar-refractivity contribution is 6.02. The van der Waals surface area contributed by atoms with Gasteiger partial charge in [0.1, 0.15) is 12.6 Å². The molecule has 1 aliphatic heterocycles. The molecule has 3 amide bonds. The quantitative estimate of drug-likeness (QED) is 0.318. The van der Waals surface area contributed by atoms with Gasteiger partial charge >= 0.3 is 0 Å². The van der Waals surface area contributed by atoms with E-state index >= 15 is 0 Å². The summed E-state index contributed by atoms with van der Waals surface area (Å²) in [7, 11) is 5.35. The van der Waals surface area contributed by atoms with Crippen LogP contribution in [-0.4, -0.2) is 64.7 Å². The number of ether oxygens (including phenoxy) is 1. The molecule has 182 valence electrons. The molecular weight excluding hydrogens is 420 g/mol. The number of para-hydroxylation sites is 1. The lowest BCUT2D eigenvalue weighted by Gasteiger charge is -2.33. The first-order chi connectivity index (χ1) is 15.9. The Kier molecular flexibility index (Phi) is 12.8. The van der Waals surface area contributed by atoms with Gasteiger partial charge in [-0.1, -0.05) is 38.7 Å². The molecule has 1 aromatic carbocycles. The van der Waals surface area contributed by atoms with E-state index in [1.165, 1.54) is 4.90 Å². The van der Waals surface area contributed by atoms with E-state index in [0.29, 0.717) is 36.4 Å². The monoisotopic (exact) mass is 458 g/mol. The van der Waals surface area contributed by atoms with Gasteiger partial charge in [-0.15, -0.1) is 0 Å². The third-order valence-electron chi connectivity index (χ3n) is 5.37. The molecule has 0 saturated carbocycles. The molecule has 1 saturated heterocycles. The van der Waals surface area contributed by atoms with Crippen LogP contribution in [0.25, 0.3) is 0 Å². The van der Waals surface area contributed by atoms with Crippen LogP contribution in [0.5, 0.6) is 0 Å². The third-order valence-corrected chi connectivity index (χ3v) is 5.37. The van der Waals surface area contributed by atoms with E-state index in [9.17, 15) is 14.4 Å². The van der Waals surface area contributed by atoms with Crippen LogP contribution in [0.3, 0.4) is 0 Å². The van der Waals surface area contributed by atoms with Crippen LogP contribution in [0.4, 0.5) is 11.4 Å². The highest BCUT2D eigenvalue weighted by Gasteiger charge is 2.31. The fourth-order valence-corrected chi connectivity index (χ4v) is 3.56. The number of likely N-dealkylation sites (N-methyl/N-ethyl adjacent to an activating group) is 1. The van der Waals surface area contributed by atoms with Crippen molar-refractivity contribution < 1.29 is 19.1 Å². The van der Waals surface area contributed by atoms with E-state index in [2.05, 4.69) is 29.4 Å². The molecule has 8 nitrogen and oxygen atoms in total. The normalized spacial score (nSPS) is 15.9. The summed E-state index contributed by atoms with van der Waals surface area (Å²) in [6.07, 6.45) is 3.38. The van der Waals surface area contributed by atoms with Crippen molar-refractivity contribution in [1.82, 2.24) is 10.6 Å². The van der Waals surface area contributed by atoms with Gasteiger partial charge in [-0.3, -0.25) is 19.7 Å². The zero-order valence-corrected chi connectivity index (χ0v) is 20.7. The molecule has 1 fully saturated rings. The Bertz CT molecular complexity index is 847. The lowest BCUT2D eigenvalue weighted by molar-refractivity contribution is -0.134. The fourth-order valence-electron chi connectivity index (χ4n) is 3.56. The van der Waals surface area contributed by atoms with E-state index in [1.54, 1.807) is 19.0 Å². The van der Waals surface area contributed by atoms with Crippen molar-refractivity contribution in [3.8, 4) is 11.8 Å². The Labute approximate surface area is 198 Å². The van der Waals surface area contributed by atoms with Crippen molar-refractivity contribution in [1.29, 1.82) is 0 Å². The minimum Gasteiger partial charge on any atom is -0.366 e. The molecule has 0 bridgehead atoms. The number of hydrogen-bond donors (Lipinski definition) is 2. The number of imide groups is 1. The zero-order chi connectivity index (χ0) is 24.8. The second kappa shape index (κ2) is 15.0. The SMILES string of the molecule is CC.CCC(CCNC)OCC#Cc1cccc(N(C)C2CCC(=O)NC2=O)c1N(C)C=O. The topological polar surface area (TPSA) is 91.0 Å². The molecule has 2 unspecified atom stereocenters. The molecule has 33 heavy (non-hydrogen) atoms. The Morgan fingerprint density at radius 1 is 1.30 bits per heavy atom. The summed E-state index contributed by atoms with van der Waals surface area (Å²) in [5.74, 6) is 5.55. The molecule has 0 spiro atoms. The van der Waals surface area contributed by atoms with Crippen LogP contribution >= 0.6 is 0 Å². The lowest BCUT2D eigenvalue weighted by atomic mass is 10.0. The number of nitrogens with one attached hydrogen (secondary N) is 2. The van der Waals surface area contributed by atoms with Gasteiger partial charge in [-0.05, 0) is 45.0 Å². The molecular formula is C25H38N4O4. The van der Waals surface area contributed by atoms with Crippen molar-refractivity contribution >= 4 is 29.6 Å². The van der Waals surface area contributed by atoms with E-state index in [4.69, 9.17) is 4.74 Å². The summed E-state index contributed by atoms with van der Waals surface area (Å²) in [6.45, 7) is 7.26. The van der Waals surface area contributed by atoms with Crippen LogP contribution in [0.2, 0.25) is 0 Å². The standard InChI is InChI=1S/C23H32N4O4.C2H6/c1-5-18(13-14-24-2)31-15-7-9-17-8-6-10-19(22(17)26(3)16-28)27(4)20-11-12-21(29)25-23(20)30;1-2/h6,8,10,16,18,20,24H,5,11-15H2,1-4H3,(H,25,29,30);1-2H3. The maximum atomic E-state index is 12.3. The van der Waals surface area contributed by atoms with Crippen LogP contribution in [0, 0.1) is 11.8 Å². The second-order valence-electron chi connectivity index (χ2n) is 7.50. The molecule has 0 aliphatic carbocycles. The average molecular weight is 459 g/mol. The number of piperidine rings is 1. The maximum Gasteiger partial charge on any atom is 0.249 e. The number of carbonyl (C=O) groups is 3. The Balaban J connectivity index is 0.00000265. The minimum atomic E-state index is -0.500. The van der Waals surface area contributed by atoms with Crippen molar-refractivity contribution in [2.45, 2.75) is 58.6 Å². The second-order valence-corrected chi connectivity index (χ2v) is 7.50. The predicted octanol–water partition coefficient (Wildman–Crippen LogP) is 2.30. The average Bonchev–Trinajstić information content (AvgIpc) is 2.83. The minimum absolute atomic E-state index is 0.142. The molecule has 1 aliphatic rings. The van der Waals surface area contributed by atoms with Crippen molar-refractivity contribution in [2.24, 2.45) is 0 Å². The molecule has 8 heteroatoms. The summed E-state index contributed by atoms with van der Waals surface area (Å²) >= 11 is 0. The molecule has 2 rings (SSSR count). The summed E-state index contributed by atoms with van der Waals surface area (Å²) in [5, 5.41) is 5.50. The number of carbonyl (C=O) groups excluding carboxylic acids is 3. The lowest BCUT2D eigenvalue weighted by Crippen LogP contribution is -2.51. The van der Waals surface area contributed by atoms with Crippen LogP contribution in [0.15, 0.2) is 18.2 Å². The maximum absolute atomic E-state index is 12.3. The molecule has 1 aromatic rings. The molecule has 2 N–H and O–H groups in total. The fraction of sp³-hybridized carbons (Fsp3) is 0.560. The van der Waals surface area contributed by atoms with Gasteiger partial charge in [0.25, 0.3) is 0 Å². The number of amides is 3. The summed E-state index contributed by atoms with van der Waals surface area (Å²) in [5.41, 5.74) is 1.97. The van der Waals surface area contributed by atoms with E-state index in [1.807, 2.05) is 39.1 Å². The predicted molar refractivity (Wildman–Crippen MR) is 132 cm³/mol. The summed E-state index contributed by atoms with van der Waals surface area (Å²) in [4.78, 5) is 38.6. The number of hydrogen-bond acceptors (Lipinski definition) is 6. The van der Waals surface area contributed by atoms with Gasteiger partial charge in [0.05, 0.1) is 23.0 Å². The molecule has 1 heterocycles. The number of anilines is 2. The van der Waals surface area contributed by atoms with Crippen LogP contribution in [-0.2, 0) is 19.1 Å². The Hall–Kier alpha value is -2.89. The number of nitrogens with zero attached hydrogens (tertiary/aromatic N) is 2. The zero-order valence-electron chi connectivity index (χ0n) is 20.7. The third kappa shape index (κ3) is 8.19.